The maximum Gasteiger partial charge on any atom is 0.417 e. The molecule has 4 nitrogen and oxygen atoms in total. The van der Waals surface area contributed by atoms with Crippen LogP contribution < -0.4 is 0 Å². The van der Waals surface area contributed by atoms with E-state index in [2.05, 4.69) is 0 Å². The number of hydrogen-bond acceptors (Lipinski definition) is 3. The van der Waals surface area contributed by atoms with Crippen LogP contribution in [0, 0.1) is 0 Å². The van der Waals surface area contributed by atoms with E-state index in [9.17, 15) is 9.59 Å². The van der Waals surface area contributed by atoms with Gasteiger partial charge in [-0.15, -0.1) is 0 Å². The van der Waals surface area contributed by atoms with Crippen molar-refractivity contribution in [2.24, 2.45) is 0 Å². The second-order valence-electron chi connectivity index (χ2n) is 4.44. The number of benzene rings is 1. The standard InChI is InChI=1S/C15H17NO3/c1-2-3-9-14(17)16-13(11-19-15(16)18)10-12-7-5-4-6-8-12/h3-9,13H,2,10-11H2,1H3/t13-/m0/s1. The molecule has 0 spiro atoms. The largest absolute Gasteiger partial charge is 0.447 e. The van der Waals surface area contributed by atoms with Crippen LogP contribution in [-0.4, -0.2) is 29.5 Å². The lowest BCUT2D eigenvalue weighted by Crippen LogP contribution is -2.39. The van der Waals surface area contributed by atoms with Gasteiger partial charge in [-0.3, -0.25) is 4.79 Å². The van der Waals surface area contributed by atoms with E-state index in [0.29, 0.717) is 6.42 Å². The predicted octanol–water partition coefficient (Wildman–Crippen LogP) is 2.54. The second-order valence-corrected chi connectivity index (χ2v) is 4.44. The molecule has 0 bridgehead atoms. The van der Waals surface area contributed by atoms with Crippen molar-refractivity contribution in [3.63, 3.8) is 0 Å². The summed E-state index contributed by atoms with van der Waals surface area (Å²) in [4.78, 5) is 24.8. The fraction of sp³-hybridized carbons (Fsp3) is 0.333. The number of rotatable bonds is 4. The summed E-state index contributed by atoms with van der Waals surface area (Å²) in [6.07, 6.45) is 4.01. The maximum absolute atomic E-state index is 12.0. The van der Waals surface area contributed by atoms with Crippen molar-refractivity contribution in [2.75, 3.05) is 6.61 Å². The summed E-state index contributed by atoms with van der Waals surface area (Å²) < 4.78 is 4.98. The molecular formula is C15H17NO3. The van der Waals surface area contributed by atoms with Gasteiger partial charge in [-0.25, -0.2) is 9.69 Å². The van der Waals surface area contributed by atoms with Gasteiger partial charge in [-0.1, -0.05) is 43.3 Å². The SMILES string of the molecule is CCC=CC(=O)N1C(=O)OC[C@@H]1Cc1ccccc1. The molecule has 2 rings (SSSR count). The van der Waals surface area contributed by atoms with E-state index in [-0.39, 0.29) is 18.6 Å². The maximum atomic E-state index is 12.0. The molecule has 1 fully saturated rings. The van der Waals surface area contributed by atoms with E-state index in [4.69, 9.17) is 4.74 Å². The third kappa shape index (κ3) is 3.22. The Balaban J connectivity index is 2.09. The van der Waals surface area contributed by atoms with E-state index in [1.165, 1.54) is 11.0 Å². The molecule has 2 amide bonds. The van der Waals surface area contributed by atoms with Gasteiger partial charge in [0.15, 0.2) is 0 Å². The summed E-state index contributed by atoms with van der Waals surface area (Å²) in [5, 5.41) is 0. The Morgan fingerprint density at radius 1 is 1.42 bits per heavy atom. The molecule has 0 N–H and O–H groups in total. The minimum absolute atomic E-state index is 0.219. The first-order valence-corrected chi connectivity index (χ1v) is 6.42. The normalized spacial score (nSPS) is 18.9. The summed E-state index contributed by atoms with van der Waals surface area (Å²) in [5.74, 6) is -0.301. The molecule has 0 unspecified atom stereocenters. The summed E-state index contributed by atoms with van der Waals surface area (Å²) >= 11 is 0. The second kappa shape index (κ2) is 6.18. The van der Waals surface area contributed by atoms with Gasteiger partial charge in [0.25, 0.3) is 5.91 Å². The molecule has 1 heterocycles. The molecule has 4 heteroatoms. The Morgan fingerprint density at radius 2 is 2.16 bits per heavy atom. The molecule has 1 atom stereocenters. The predicted molar refractivity (Wildman–Crippen MR) is 71.6 cm³/mol. The van der Waals surface area contributed by atoms with Crippen molar-refractivity contribution < 1.29 is 14.3 Å². The van der Waals surface area contributed by atoms with Crippen LogP contribution >= 0.6 is 0 Å². The van der Waals surface area contributed by atoms with Crippen molar-refractivity contribution in [3.05, 3.63) is 48.0 Å². The topological polar surface area (TPSA) is 46.6 Å². The lowest BCUT2D eigenvalue weighted by Gasteiger charge is -2.17. The van der Waals surface area contributed by atoms with Crippen LogP contribution in [0.2, 0.25) is 0 Å². The Kier molecular flexibility index (Phi) is 4.34. The highest BCUT2D eigenvalue weighted by Crippen LogP contribution is 2.17. The van der Waals surface area contributed by atoms with E-state index in [0.717, 1.165) is 12.0 Å². The van der Waals surface area contributed by atoms with Crippen LogP contribution in [-0.2, 0) is 16.0 Å². The van der Waals surface area contributed by atoms with Crippen LogP contribution in [0.15, 0.2) is 42.5 Å². The lowest BCUT2D eigenvalue weighted by atomic mass is 10.1. The molecule has 1 aliphatic heterocycles. The Hall–Kier alpha value is -2.10. The summed E-state index contributed by atoms with van der Waals surface area (Å²) in [6, 6.07) is 9.56. The first-order chi connectivity index (χ1) is 9.22. The fourth-order valence-electron chi connectivity index (χ4n) is 2.07. The van der Waals surface area contributed by atoms with Crippen molar-refractivity contribution in [1.29, 1.82) is 0 Å². The van der Waals surface area contributed by atoms with Gasteiger partial charge in [0.05, 0.1) is 6.04 Å². The first kappa shape index (κ1) is 13.3. The van der Waals surface area contributed by atoms with Gasteiger partial charge in [0.1, 0.15) is 6.61 Å². The molecule has 1 saturated heterocycles. The number of ether oxygens (including phenoxy) is 1. The highest BCUT2D eigenvalue weighted by atomic mass is 16.6. The number of nitrogens with zero attached hydrogens (tertiary/aromatic N) is 1. The zero-order chi connectivity index (χ0) is 13.7. The Morgan fingerprint density at radius 3 is 2.84 bits per heavy atom. The summed E-state index contributed by atoms with van der Waals surface area (Å²) in [5.41, 5.74) is 1.09. The third-order valence-electron chi connectivity index (χ3n) is 3.01. The molecule has 0 saturated carbocycles. The molecule has 0 aromatic heterocycles. The summed E-state index contributed by atoms with van der Waals surface area (Å²) in [7, 11) is 0. The van der Waals surface area contributed by atoms with Gasteiger partial charge >= 0.3 is 6.09 Å². The molecule has 0 aliphatic carbocycles. The molecule has 1 aromatic carbocycles. The number of hydrogen-bond donors (Lipinski definition) is 0. The monoisotopic (exact) mass is 259 g/mol. The van der Waals surface area contributed by atoms with Gasteiger partial charge in [0, 0.05) is 0 Å². The molecule has 1 aromatic rings. The van der Waals surface area contributed by atoms with E-state index >= 15 is 0 Å². The number of amides is 2. The zero-order valence-corrected chi connectivity index (χ0v) is 10.9. The average molecular weight is 259 g/mol. The zero-order valence-electron chi connectivity index (χ0n) is 10.9. The van der Waals surface area contributed by atoms with Crippen molar-refractivity contribution >= 4 is 12.0 Å². The molecule has 1 aliphatic rings. The van der Waals surface area contributed by atoms with Crippen molar-refractivity contribution in [2.45, 2.75) is 25.8 Å². The van der Waals surface area contributed by atoms with E-state index < -0.39 is 6.09 Å². The van der Waals surface area contributed by atoms with Gasteiger partial charge in [-0.2, -0.15) is 0 Å². The number of cyclic esters (lactones) is 1. The number of allylic oxidation sites excluding steroid dienone is 1. The highest BCUT2D eigenvalue weighted by Gasteiger charge is 2.36. The lowest BCUT2D eigenvalue weighted by molar-refractivity contribution is -0.124. The fourth-order valence-corrected chi connectivity index (χ4v) is 2.07. The van der Waals surface area contributed by atoms with Crippen LogP contribution in [0.1, 0.15) is 18.9 Å². The van der Waals surface area contributed by atoms with E-state index in [1.807, 2.05) is 37.3 Å². The van der Waals surface area contributed by atoms with Crippen LogP contribution in [0.5, 0.6) is 0 Å². The van der Waals surface area contributed by atoms with Crippen LogP contribution in [0.4, 0.5) is 4.79 Å². The quantitative estimate of drug-likeness (QED) is 0.781. The molecular weight excluding hydrogens is 242 g/mol. The third-order valence-corrected chi connectivity index (χ3v) is 3.01. The first-order valence-electron chi connectivity index (χ1n) is 6.42. The number of carbonyl (C=O) groups excluding carboxylic acids is 2. The molecule has 100 valence electrons. The van der Waals surface area contributed by atoms with Crippen molar-refractivity contribution in [1.82, 2.24) is 4.90 Å². The Bertz CT molecular complexity index is 481. The van der Waals surface area contributed by atoms with E-state index in [1.54, 1.807) is 6.08 Å². The Labute approximate surface area is 112 Å². The van der Waals surface area contributed by atoms with Crippen molar-refractivity contribution in [3.8, 4) is 0 Å². The number of carbonyl (C=O) groups is 2. The van der Waals surface area contributed by atoms with Gasteiger partial charge < -0.3 is 4.74 Å². The van der Waals surface area contributed by atoms with Crippen LogP contribution in [0.25, 0.3) is 0 Å². The molecule has 0 radical (unpaired) electrons. The molecule has 19 heavy (non-hydrogen) atoms. The summed E-state index contributed by atoms with van der Waals surface area (Å²) in [6.45, 7) is 2.20. The average Bonchev–Trinajstić information content (AvgIpc) is 2.78. The highest BCUT2D eigenvalue weighted by molar-refractivity contribution is 5.99. The smallest absolute Gasteiger partial charge is 0.417 e. The van der Waals surface area contributed by atoms with Crippen LogP contribution in [0.3, 0.4) is 0 Å². The van der Waals surface area contributed by atoms with Gasteiger partial charge in [-0.05, 0) is 24.5 Å². The minimum atomic E-state index is -0.549. The number of imide groups is 1. The van der Waals surface area contributed by atoms with Gasteiger partial charge in [0.2, 0.25) is 0 Å². The minimum Gasteiger partial charge on any atom is -0.447 e.